The Morgan fingerprint density at radius 2 is 2.03 bits per heavy atom. The number of nitrogens with zero attached hydrogens (tertiary/aromatic N) is 4. The molecular formula is C22H29FN6O2. The third-order valence-electron chi connectivity index (χ3n) is 6.52. The summed E-state index contributed by atoms with van der Waals surface area (Å²) in [5, 5.41) is 2.46. The van der Waals surface area contributed by atoms with Gasteiger partial charge in [0, 0.05) is 57.1 Å². The Hall–Kier alpha value is -2.81. The van der Waals surface area contributed by atoms with Gasteiger partial charge in [-0.25, -0.2) is 4.98 Å². The van der Waals surface area contributed by atoms with Gasteiger partial charge in [0.2, 0.25) is 5.95 Å². The Bertz CT molecular complexity index is 1000. The van der Waals surface area contributed by atoms with Crippen molar-refractivity contribution in [2.24, 2.45) is 0 Å². The number of aromatic amines is 1. The fourth-order valence-electron chi connectivity index (χ4n) is 4.72. The first-order chi connectivity index (χ1) is 15.0. The van der Waals surface area contributed by atoms with Crippen molar-refractivity contribution in [3.63, 3.8) is 0 Å². The average molecular weight is 429 g/mol. The van der Waals surface area contributed by atoms with Crippen LogP contribution in [-0.4, -0.2) is 65.0 Å². The Morgan fingerprint density at radius 3 is 2.68 bits per heavy atom. The Morgan fingerprint density at radius 1 is 1.26 bits per heavy atom. The summed E-state index contributed by atoms with van der Waals surface area (Å²) in [6.45, 7) is 5.04. The van der Waals surface area contributed by atoms with Crippen LogP contribution in [0.4, 0.5) is 10.1 Å². The molecule has 1 amide bonds. The van der Waals surface area contributed by atoms with Gasteiger partial charge in [-0.05, 0) is 37.8 Å². The number of nitrogens with one attached hydrogen (secondary N) is 2. The lowest BCUT2D eigenvalue weighted by molar-refractivity contribution is 0.0957. The van der Waals surface area contributed by atoms with Gasteiger partial charge in [0.05, 0.1) is 5.69 Å². The van der Waals surface area contributed by atoms with E-state index in [1.54, 1.807) is 12.1 Å². The molecule has 2 N–H and O–H groups in total. The van der Waals surface area contributed by atoms with E-state index in [1.165, 1.54) is 7.05 Å². The fourth-order valence-corrected chi connectivity index (χ4v) is 4.72. The topological polar surface area (TPSA) is 94.2 Å². The van der Waals surface area contributed by atoms with Crippen molar-refractivity contribution in [1.82, 2.24) is 25.2 Å². The lowest BCUT2D eigenvalue weighted by Crippen LogP contribution is -2.50. The molecule has 0 spiro atoms. The average Bonchev–Trinajstić information content (AvgIpc) is 3.29. The number of hydrogen-bond donors (Lipinski definition) is 2. The molecule has 0 aromatic carbocycles. The van der Waals surface area contributed by atoms with Gasteiger partial charge >= 0.3 is 0 Å². The molecule has 1 saturated heterocycles. The number of amides is 1. The lowest BCUT2D eigenvalue weighted by atomic mass is 10.0. The summed E-state index contributed by atoms with van der Waals surface area (Å²) in [6.07, 6.45) is 5.58. The number of carbonyl (C=O) groups is 1. The minimum absolute atomic E-state index is 0.0739. The highest BCUT2D eigenvalue weighted by Crippen LogP contribution is 2.36. The van der Waals surface area contributed by atoms with Gasteiger partial charge in [0.1, 0.15) is 11.4 Å². The van der Waals surface area contributed by atoms with Crippen LogP contribution in [0.15, 0.2) is 23.1 Å². The normalized spacial score (nSPS) is 22.0. The molecule has 1 aliphatic carbocycles. The number of carbonyl (C=O) groups excluding carboxylic acids is 1. The van der Waals surface area contributed by atoms with Crippen LogP contribution < -0.4 is 15.8 Å². The first-order valence-electron chi connectivity index (χ1n) is 11.0. The van der Waals surface area contributed by atoms with Crippen molar-refractivity contribution >= 4 is 11.6 Å². The Kier molecular flexibility index (Phi) is 6.31. The molecular weight excluding hydrogens is 399 g/mol. The summed E-state index contributed by atoms with van der Waals surface area (Å²) in [5.74, 6) is -0.678. The molecule has 2 aliphatic rings. The van der Waals surface area contributed by atoms with Gasteiger partial charge in [-0.3, -0.25) is 19.5 Å². The highest BCUT2D eigenvalue weighted by molar-refractivity contribution is 5.92. The maximum atomic E-state index is 14.5. The third-order valence-corrected chi connectivity index (χ3v) is 6.52. The zero-order valence-corrected chi connectivity index (χ0v) is 18.0. The van der Waals surface area contributed by atoms with E-state index in [1.807, 2.05) is 18.0 Å². The first kappa shape index (κ1) is 21.4. The van der Waals surface area contributed by atoms with Crippen molar-refractivity contribution in [2.45, 2.75) is 44.6 Å². The summed E-state index contributed by atoms with van der Waals surface area (Å²) in [5.41, 5.74) is 1.97. The van der Waals surface area contributed by atoms with Crippen LogP contribution in [0.2, 0.25) is 0 Å². The quantitative estimate of drug-likeness (QED) is 0.704. The molecule has 2 fully saturated rings. The summed E-state index contributed by atoms with van der Waals surface area (Å²) < 4.78 is 14.5. The van der Waals surface area contributed by atoms with E-state index in [2.05, 4.69) is 25.2 Å². The number of hydrogen-bond acceptors (Lipinski definition) is 6. The molecule has 9 heteroatoms. The molecule has 2 aromatic heterocycles. The number of aromatic nitrogens is 3. The molecule has 1 saturated carbocycles. The van der Waals surface area contributed by atoms with Crippen LogP contribution in [0.5, 0.6) is 0 Å². The Balaban J connectivity index is 1.35. The molecule has 0 radical (unpaired) electrons. The summed E-state index contributed by atoms with van der Waals surface area (Å²) in [7, 11) is 1.50. The number of aryl methyl sites for hydroxylation is 1. The number of H-pyrrole nitrogens is 1. The van der Waals surface area contributed by atoms with E-state index < -0.39 is 11.9 Å². The lowest BCUT2D eigenvalue weighted by Gasteiger charge is -2.39. The minimum Gasteiger partial charge on any atom is -0.365 e. The van der Waals surface area contributed by atoms with Crippen molar-refractivity contribution in [2.75, 3.05) is 38.1 Å². The van der Waals surface area contributed by atoms with Gasteiger partial charge in [0.15, 0.2) is 0 Å². The third kappa shape index (κ3) is 4.46. The molecule has 0 bridgehead atoms. The summed E-state index contributed by atoms with van der Waals surface area (Å²) >= 11 is 0. The van der Waals surface area contributed by atoms with Crippen molar-refractivity contribution in [1.29, 1.82) is 0 Å². The van der Waals surface area contributed by atoms with Crippen LogP contribution in [0, 0.1) is 5.95 Å². The maximum absolute atomic E-state index is 14.5. The number of halogens is 1. The molecule has 0 unspecified atom stereocenters. The van der Waals surface area contributed by atoms with Crippen LogP contribution in [0.3, 0.4) is 0 Å². The molecule has 166 valence electrons. The van der Waals surface area contributed by atoms with E-state index >= 15 is 0 Å². The van der Waals surface area contributed by atoms with Crippen molar-refractivity contribution < 1.29 is 9.18 Å². The van der Waals surface area contributed by atoms with Crippen molar-refractivity contribution in [3.8, 4) is 0 Å². The molecule has 3 heterocycles. The monoisotopic (exact) mass is 428 g/mol. The molecule has 8 nitrogen and oxygen atoms in total. The second-order valence-electron chi connectivity index (χ2n) is 8.24. The first-order valence-corrected chi connectivity index (χ1v) is 11.0. The van der Waals surface area contributed by atoms with E-state index in [4.69, 9.17) is 0 Å². The molecule has 4 rings (SSSR count). The van der Waals surface area contributed by atoms with Crippen LogP contribution >= 0.6 is 0 Å². The molecule has 2 atom stereocenters. The molecule has 2 aromatic rings. The maximum Gasteiger partial charge on any atom is 0.269 e. The number of anilines is 1. The smallest absolute Gasteiger partial charge is 0.269 e. The van der Waals surface area contributed by atoms with Crippen LogP contribution in [0.1, 0.15) is 54.0 Å². The fraction of sp³-hybridized carbons (Fsp3) is 0.545. The molecule has 31 heavy (non-hydrogen) atoms. The predicted molar refractivity (Wildman–Crippen MR) is 116 cm³/mol. The van der Waals surface area contributed by atoms with Crippen molar-refractivity contribution in [3.05, 3.63) is 51.7 Å². The minimum atomic E-state index is -0.609. The predicted octanol–water partition coefficient (Wildman–Crippen LogP) is 1.68. The second-order valence-corrected chi connectivity index (χ2v) is 8.24. The summed E-state index contributed by atoms with van der Waals surface area (Å²) in [6, 6.07) is 3.65. The SMILES string of the molecule is CCc1ncc([C@@H]2CC[C@H](N3CCN(c4ccc(C(=O)NC)nc4F)CC3)C2)[nH]c1=O. The van der Waals surface area contributed by atoms with Gasteiger partial charge in [-0.2, -0.15) is 4.39 Å². The molecule has 1 aliphatic heterocycles. The highest BCUT2D eigenvalue weighted by Gasteiger charge is 2.33. The zero-order valence-electron chi connectivity index (χ0n) is 18.0. The van der Waals surface area contributed by atoms with Gasteiger partial charge in [-0.15, -0.1) is 0 Å². The number of piperazine rings is 1. The van der Waals surface area contributed by atoms with Crippen LogP contribution in [-0.2, 0) is 6.42 Å². The highest BCUT2D eigenvalue weighted by atomic mass is 19.1. The van der Waals surface area contributed by atoms with E-state index in [9.17, 15) is 14.0 Å². The van der Waals surface area contributed by atoms with Gasteiger partial charge in [-0.1, -0.05) is 6.92 Å². The largest absolute Gasteiger partial charge is 0.365 e. The van der Waals surface area contributed by atoms with E-state index in [0.29, 0.717) is 42.9 Å². The standard InChI is InChI=1S/C22H29FN6O2/c1-3-16-22(31)27-18(13-25-16)14-4-5-15(12-14)28-8-10-29(11-9-28)19-7-6-17(21(30)24-2)26-20(19)23/h6-7,13-15H,3-5,8-12H2,1-2H3,(H,24,30)(H,27,31)/t14-,15+/m1/s1. The van der Waals surface area contributed by atoms with Gasteiger partial charge in [0.25, 0.3) is 11.5 Å². The van der Waals surface area contributed by atoms with Gasteiger partial charge < -0.3 is 15.2 Å². The van der Waals surface area contributed by atoms with E-state index in [0.717, 1.165) is 38.0 Å². The summed E-state index contributed by atoms with van der Waals surface area (Å²) in [4.78, 5) is 39.3. The van der Waals surface area contributed by atoms with Crippen LogP contribution in [0.25, 0.3) is 0 Å². The zero-order chi connectivity index (χ0) is 22.0. The number of rotatable bonds is 5. The Labute approximate surface area is 180 Å². The van der Waals surface area contributed by atoms with E-state index in [-0.39, 0.29) is 11.3 Å². The second kappa shape index (κ2) is 9.13. The number of pyridine rings is 1.